The molecule has 2 heterocycles. The lowest BCUT2D eigenvalue weighted by Gasteiger charge is -2.19. The van der Waals surface area contributed by atoms with E-state index < -0.39 is 41.6 Å². The van der Waals surface area contributed by atoms with Gasteiger partial charge in [-0.25, -0.2) is 14.4 Å². The van der Waals surface area contributed by atoms with Crippen molar-refractivity contribution >= 4 is 11.9 Å². The molecule has 4 rings (SSSR count). The summed E-state index contributed by atoms with van der Waals surface area (Å²) in [6.07, 6.45) is -0.889. The van der Waals surface area contributed by atoms with E-state index in [0.717, 1.165) is 0 Å². The Morgan fingerprint density at radius 3 is 2.24 bits per heavy atom. The molecule has 0 spiro atoms. The molecular formula is C24H22N2O7. The van der Waals surface area contributed by atoms with Crippen molar-refractivity contribution in [3.63, 3.8) is 0 Å². The van der Waals surface area contributed by atoms with Gasteiger partial charge in [-0.3, -0.25) is 14.3 Å². The van der Waals surface area contributed by atoms with Crippen LogP contribution < -0.4 is 11.2 Å². The minimum Gasteiger partial charge on any atom is -0.459 e. The monoisotopic (exact) mass is 450 g/mol. The summed E-state index contributed by atoms with van der Waals surface area (Å²) >= 11 is 0. The van der Waals surface area contributed by atoms with Gasteiger partial charge in [0, 0.05) is 18.2 Å². The fourth-order valence-electron chi connectivity index (χ4n) is 3.54. The topological polar surface area (TPSA) is 117 Å². The van der Waals surface area contributed by atoms with E-state index in [1.165, 1.54) is 10.8 Å². The van der Waals surface area contributed by atoms with Crippen molar-refractivity contribution in [1.29, 1.82) is 0 Å². The fourth-order valence-corrected chi connectivity index (χ4v) is 3.54. The summed E-state index contributed by atoms with van der Waals surface area (Å²) in [6, 6.07) is 16.9. The first-order valence-electron chi connectivity index (χ1n) is 10.4. The highest BCUT2D eigenvalue weighted by molar-refractivity contribution is 5.90. The highest BCUT2D eigenvalue weighted by Crippen LogP contribution is 2.31. The fraction of sp³-hybridized carbons (Fsp3) is 0.250. The highest BCUT2D eigenvalue weighted by atomic mass is 16.6. The number of aromatic nitrogens is 2. The van der Waals surface area contributed by atoms with Gasteiger partial charge in [0.2, 0.25) is 0 Å². The summed E-state index contributed by atoms with van der Waals surface area (Å²) in [4.78, 5) is 51.2. The van der Waals surface area contributed by atoms with Crippen LogP contribution in [-0.2, 0) is 14.2 Å². The number of esters is 2. The van der Waals surface area contributed by atoms with Gasteiger partial charge in [-0.05, 0) is 31.2 Å². The molecule has 1 aliphatic heterocycles. The number of ether oxygens (including phenoxy) is 3. The van der Waals surface area contributed by atoms with E-state index in [4.69, 9.17) is 14.2 Å². The maximum absolute atomic E-state index is 12.6. The molecule has 0 radical (unpaired) electrons. The number of aromatic amines is 1. The Balaban J connectivity index is 1.53. The zero-order valence-corrected chi connectivity index (χ0v) is 17.8. The number of aryl methyl sites for hydroxylation is 1. The zero-order chi connectivity index (χ0) is 23.4. The predicted molar refractivity (Wildman–Crippen MR) is 117 cm³/mol. The highest BCUT2D eigenvalue weighted by Gasteiger charge is 2.40. The van der Waals surface area contributed by atoms with Crippen molar-refractivity contribution in [3.8, 4) is 0 Å². The number of hydrogen-bond donors (Lipinski definition) is 1. The van der Waals surface area contributed by atoms with E-state index in [1.54, 1.807) is 67.6 Å². The summed E-state index contributed by atoms with van der Waals surface area (Å²) in [5, 5.41) is 0. The molecule has 9 heteroatoms. The minimum absolute atomic E-state index is 0.136. The van der Waals surface area contributed by atoms with Crippen molar-refractivity contribution in [2.45, 2.75) is 31.8 Å². The number of nitrogens with one attached hydrogen (secondary N) is 1. The van der Waals surface area contributed by atoms with Crippen molar-refractivity contribution < 1.29 is 23.8 Å². The first kappa shape index (κ1) is 22.2. The number of carbonyl (C=O) groups is 2. The standard InChI is InChI=1S/C24H22N2O7/c1-15-13-26(24(30)25-21(15)27)20-12-18(33-23(29)17-10-6-3-7-11-17)19(32-20)14-31-22(28)16-8-4-2-5-9-16/h2-11,13,18-20H,12,14H2,1H3,(H,25,27,30)/t18-,19+,20+/m1/s1. The molecule has 170 valence electrons. The lowest BCUT2D eigenvalue weighted by molar-refractivity contribution is -0.0582. The number of nitrogens with zero attached hydrogens (tertiary/aromatic N) is 1. The molecular weight excluding hydrogens is 428 g/mol. The van der Waals surface area contributed by atoms with Crippen LogP contribution in [0.4, 0.5) is 0 Å². The van der Waals surface area contributed by atoms with Crippen LogP contribution in [-0.4, -0.2) is 40.3 Å². The third kappa shape index (κ3) is 5.09. The van der Waals surface area contributed by atoms with Gasteiger partial charge in [-0.1, -0.05) is 36.4 Å². The average molecular weight is 450 g/mol. The molecule has 1 saturated heterocycles. The first-order valence-corrected chi connectivity index (χ1v) is 10.4. The van der Waals surface area contributed by atoms with Gasteiger partial charge >= 0.3 is 17.6 Å². The second-order valence-corrected chi connectivity index (χ2v) is 7.62. The van der Waals surface area contributed by atoms with Gasteiger partial charge in [-0.15, -0.1) is 0 Å². The van der Waals surface area contributed by atoms with E-state index >= 15 is 0 Å². The Bertz CT molecular complexity index is 1250. The SMILES string of the molecule is Cc1cn([C@@H]2C[C@@H](OC(=O)c3ccccc3)[C@H](COC(=O)c3ccccc3)O2)c(=O)[nH]c1=O. The maximum atomic E-state index is 12.6. The lowest BCUT2D eigenvalue weighted by atomic mass is 10.1. The molecule has 3 atom stereocenters. The van der Waals surface area contributed by atoms with Crippen LogP contribution in [0.2, 0.25) is 0 Å². The van der Waals surface area contributed by atoms with Gasteiger partial charge in [0.25, 0.3) is 5.56 Å². The molecule has 1 aliphatic rings. The first-order chi connectivity index (χ1) is 15.9. The number of rotatable bonds is 6. The quantitative estimate of drug-likeness (QED) is 0.572. The molecule has 1 N–H and O–H groups in total. The van der Waals surface area contributed by atoms with Crippen LogP contribution in [0.5, 0.6) is 0 Å². The van der Waals surface area contributed by atoms with Gasteiger partial charge in [0.15, 0.2) is 0 Å². The molecule has 3 aromatic rings. The smallest absolute Gasteiger partial charge is 0.338 e. The Hall–Kier alpha value is -3.98. The Morgan fingerprint density at radius 2 is 1.61 bits per heavy atom. The van der Waals surface area contributed by atoms with Gasteiger partial charge in [0.1, 0.15) is 25.0 Å². The van der Waals surface area contributed by atoms with Crippen molar-refractivity contribution in [1.82, 2.24) is 9.55 Å². The van der Waals surface area contributed by atoms with Gasteiger partial charge in [-0.2, -0.15) is 0 Å². The summed E-state index contributed by atoms with van der Waals surface area (Å²) in [7, 11) is 0. The normalized spacial score (nSPS) is 19.7. The van der Waals surface area contributed by atoms with Crippen molar-refractivity contribution in [2.75, 3.05) is 6.61 Å². The van der Waals surface area contributed by atoms with Crippen LogP contribution in [0.15, 0.2) is 76.4 Å². The molecule has 1 aromatic heterocycles. The predicted octanol–water partition coefficient (Wildman–Crippen LogP) is 2.22. The second-order valence-electron chi connectivity index (χ2n) is 7.62. The van der Waals surface area contributed by atoms with Gasteiger partial charge < -0.3 is 14.2 Å². The van der Waals surface area contributed by atoms with Crippen molar-refractivity contribution in [2.24, 2.45) is 0 Å². The van der Waals surface area contributed by atoms with Gasteiger partial charge in [0.05, 0.1) is 11.1 Å². The van der Waals surface area contributed by atoms with E-state index in [2.05, 4.69) is 4.98 Å². The van der Waals surface area contributed by atoms with Crippen molar-refractivity contribution in [3.05, 3.63) is 104 Å². The number of carbonyl (C=O) groups excluding carboxylic acids is 2. The molecule has 0 aliphatic carbocycles. The van der Waals surface area contributed by atoms with E-state index in [9.17, 15) is 19.2 Å². The summed E-state index contributed by atoms with van der Waals surface area (Å²) < 4.78 is 18.2. The molecule has 0 amide bonds. The molecule has 33 heavy (non-hydrogen) atoms. The largest absolute Gasteiger partial charge is 0.459 e. The van der Waals surface area contributed by atoms with Crippen LogP contribution >= 0.6 is 0 Å². The third-order valence-electron chi connectivity index (χ3n) is 5.29. The summed E-state index contributed by atoms with van der Waals surface area (Å²) in [5.74, 6) is -1.11. The molecule has 2 aromatic carbocycles. The molecule has 9 nitrogen and oxygen atoms in total. The Morgan fingerprint density at radius 1 is 1.00 bits per heavy atom. The summed E-state index contributed by atoms with van der Waals surface area (Å²) in [6.45, 7) is 1.38. The molecule has 0 bridgehead atoms. The maximum Gasteiger partial charge on any atom is 0.338 e. The second kappa shape index (κ2) is 9.66. The minimum atomic E-state index is -0.818. The number of hydrogen-bond acceptors (Lipinski definition) is 7. The molecule has 1 fully saturated rings. The van der Waals surface area contributed by atoms with Crippen LogP contribution in [0.25, 0.3) is 0 Å². The number of benzene rings is 2. The third-order valence-corrected chi connectivity index (χ3v) is 5.29. The van der Waals surface area contributed by atoms with E-state index in [-0.39, 0.29) is 13.0 Å². The van der Waals surface area contributed by atoms with E-state index in [0.29, 0.717) is 16.7 Å². The Labute approximate surface area is 188 Å². The van der Waals surface area contributed by atoms with Crippen LogP contribution in [0.1, 0.15) is 38.9 Å². The van der Waals surface area contributed by atoms with Crippen LogP contribution in [0, 0.1) is 6.92 Å². The molecule has 0 saturated carbocycles. The van der Waals surface area contributed by atoms with Crippen LogP contribution in [0.3, 0.4) is 0 Å². The average Bonchev–Trinajstić information content (AvgIpc) is 3.23. The summed E-state index contributed by atoms with van der Waals surface area (Å²) in [5.41, 5.74) is -0.0781. The molecule has 0 unspecified atom stereocenters. The Kier molecular flexibility index (Phi) is 6.50. The lowest BCUT2D eigenvalue weighted by Crippen LogP contribution is -2.33. The number of H-pyrrole nitrogens is 1. The zero-order valence-electron chi connectivity index (χ0n) is 17.8. The van der Waals surface area contributed by atoms with E-state index in [1.807, 2.05) is 0 Å².